The van der Waals surface area contributed by atoms with Crippen molar-refractivity contribution in [2.45, 2.75) is 22.6 Å². The summed E-state index contributed by atoms with van der Waals surface area (Å²) in [7, 11) is 1.89. The molecule has 0 amide bonds. The molecule has 1 aromatic carbocycles. The summed E-state index contributed by atoms with van der Waals surface area (Å²) >= 11 is 1.36. The van der Waals surface area contributed by atoms with Gasteiger partial charge in [-0.2, -0.15) is 4.98 Å². The molecule has 1 aliphatic rings. The van der Waals surface area contributed by atoms with E-state index in [0.29, 0.717) is 35.6 Å². The van der Waals surface area contributed by atoms with Crippen LogP contribution in [0.2, 0.25) is 0 Å². The molecule has 21 heavy (non-hydrogen) atoms. The summed E-state index contributed by atoms with van der Waals surface area (Å²) in [6.07, 6.45) is 0. The Balaban J connectivity index is 1.64. The van der Waals surface area contributed by atoms with Crippen LogP contribution in [0.1, 0.15) is 17.6 Å². The van der Waals surface area contributed by atoms with Crippen LogP contribution < -0.4 is 5.32 Å². The van der Waals surface area contributed by atoms with Gasteiger partial charge in [0.05, 0.1) is 24.9 Å². The Kier molecular flexibility index (Phi) is 4.52. The fraction of sp³-hybridized carbons (Fsp3) is 0.429. The van der Waals surface area contributed by atoms with Crippen LogP contribution in [-0.4, -0.2) is 36.4 Å². The highest BCUT2D eigenvalue weighted by atomic mass is 32.2. The second-order valence-electron chi connectivity index (χ2n) is 4.81. The third-order valence-electron chi connectivity index (χ3n) is 3.45. The Hall–Kier alpha value is -1.44. The first-order valence-electron chi connectivity index (χ1n) is 6.72. The quantitative estimate of drug-likeness (QED) is 0.855. The van der Waals surface area contributed by atoms with E-state index >= 15 is 0 Å². The zero-order chi connectivity index (χ0) is 14.7. The molecule has 0 bridgehead atoms. The number of halogens is 1. The Bertz CT molecular complexity index is 607. The summed E-state index contributed by atoms with van der Waals surface area (Å²) in [6.45, 7) is 1.22. The summed E-state index contributed by atoms with van der Waals surface area (Å²) in [6, 6.07) is 6.85. The molecule has 7 heteroatoms. The zero-order valence-electron chi connectivity index (χ0n) is 11.6. The molecule has 3 rings (SSSR count). The van der Waals surface area contributed by atoms with Crippen LogP contribution in [-0.2, 0) is 10.5 Å². The lowest BCUT2D eigenvalue weighted by Crippen LogP contribution is -2.31. The molecule has 112 valence electrons. The Morgan fingerprint density at radius 2 is 2.24 bits per heavy atom. The molecule has 2 aromatic rings. The number of nitrogens with one attached hydrogen (secondary N) is 1. The van der Waals surface area contributed by atoms with E-state index in [1.54, 1.807) is 18.2 Å². The average Bonchev–Trinajstić information content (AvgIpc) is 3.14. The number of aromatic nitrogens is 2. The standard InChI is InChI=1S/C14H16FN3O2S/c1-16-11-7-19-6-9(11)14-17-13(18-20-14)8-21-12-5-3-2-4-10(12)15/h2-5,9,11,16H,6-8H2,1H3. The molecule has 0 saturated carbocycles. The molecule has 1 N–H and O–H groups in total. The maximum atomic E-state index is 13.5. The number of hydrogen-bond acceptors (Lipinski definition) is 6. The number of benzene rings is 1. The largest absolute Gasteiger partial charge is 0.379 e. The van der Waals surface area contributed by atoms with E-state index in [1.807, 2.05) is 7.05 Å². The van der Waals surface area contributed by atoms with Gasteiger partial charge in [-0.3, -0.25) is 0 Å². The Labute approximate surface area is 126 Å². The maximum Gasteiger partial charge on any atom is 0.233 e. The minimum Gasteiger partial charge on any atom is -0.379 e. The van der Waals surface area contributed by atoms with Gasteiger partial charge < -0.3 is 14.6 Å². The van der Waals surface area contributed by atoms with Gasteiger partial charge in [-0.15, -0.1) is 11.8 Å². The van der Waals surface area contributed by atoms with Crippen molar-refractivity contribution in [2.75, 3.05) is 20.3 Å². The van der Waals surface area contributed by atoms with Gasteiger partial charge in [0.2, 0.25) is 5.89 Å². The first-order chi connectivity index (χ1) is 10.3. The van der Waals surface area contributed by atoms with Gasteiger partial charge in [0, 0.05) is 10.9 Å². The van der Waals surface area contributed by atoms with E-state index in [9.17, 15) is 4.39 Å². The fourth-order valence-corrected chi connectivity index (χ4v) is 3.05. The number of nitrogens with zero attached hydrogens (tertiary/aromatic N) is 2. The van der Waals surface area contributed by atoms with Gasteiger partial charge in [-0.05, 0) is 19.2 Å². The summed E-state index contributed by atoms with van der Waals surface area (Å²) in [5.74, 6) is 1.47. The van der Waals surface area contributed by atoms with Crippen molar-refractivity contribution >= 4 is 11.8 Å². The minimum absolute atomic E-state index is 0.0784. The number of rotatable bonds is 5. The Morgan fingerprint density at radius 1 is 1.38 bits per heavy atom. The van der Waals surface area contributed by atoms with Crippen molar-refractivity contribution in [3.8, 4) is 0 Å². The van der Waals surface area contributed by atoms with Gasteiger partial charge in [-0.25, -0.2) is 4.39 Å². The first kappa shape index (κ1) is 14.5. The van der Waals surface area contributed by atoms with Crippen LogP contribution in [0.4, 0.5) is 4.39 Å². The van der Waals surface area contributed by atoms with E-state index in [4.69, 9.17) is 9.26 Å². The molecule has 1 fully saturated rings. The smallest absolute Gasteiger partial charge is 0.233 e. The van der Waals surface area contributed by atoms with Crippen LogP contribution >= 0.6 is 11.8 Å². The van der Waals surface area contributed by atoms with Crippen LogP contribution in [0.25, 0.3) is 0 Å². The first-order valence-corrected chi connectivity index (χ1v) is 7.71. The molecule has 1 aromatic heterocycles. The highest BCUT2D eigenvalue weighted by Crippen LogP contribution is 2.27. The molecule has 0 radical (unpaired) electrons. The molecule has 1 aliphatic heterocycles. The lowest BCUT2D eigenvalue weighted by atomic mass is 10.0. The summed E-state index contributed by atoms with van der Waals surface area (Å²) in [5, 5.41) is 7.14. The minimum atomic E-state index is -0.231. The van der Waals surface area contributed by atoms with Crippen molar-refractivity contribution in [1.82, 2.24) is 15.5 Å². The summed E-state index contributed by atoms with van der Waals surface area (Å²) < 4.78 is 24.3. The second-order valence-corrected chi connectivity index (χ2v) is 5.82. The average molecular weight is 309 g/mol. The van der Waals surface area contributed by atoms with Crippen LogP contribution in [0.3, 0.4) is 0 Å². The van der Waals surface area contributed by atoms with E-state index in [-0.39, 0.29) is 17.8 Å². The van der Waals surface area contributed by atoms with Crippen LogP contribution in [0.15, 0.2) is 33.7 Å². The van der Waals surface area contributed by atoms with Crippen molar-refractivity contribution in [2.24, 2.45) is 0 Å². The second kappa shape index (κ2) is 6.55. The molecule has 2 atom stereocenters. The van der Waals surface area contributed by atoms with Gasteiger partial charge in [0.15, 0.2) is 5.82 Å². The molecule has 1 saturated heterocycles. The van der Waals surface area contributed by atoms with Crippen LogP contribution in [0.5, 0.6) is 0 Å². The zero-order valence-corrected chi connectivity index (χ0v) is 12.4. The number of hydrogen-bond donors (Lipinski definition) is 1. The van der Waals surface area contributed by atoms with Crippen LogP contribution in [0, 0.1) is 5.82 Å². The van der Waals surface area contributed by atoms with Crippen molar-refractivity contribution < 1.29 is 13.7 Å². The molecule has 2 unspecified atom stereocenters. The van der Waals surface area contributed by atoms with E-state index in [0.717, 1.165) is 0 Å². The predicted octanol–water partition coefficient (Wildman–Crippen LogP) is 2.20. The highest BCUT2D eigenvalue weighted by molar-refractivity contribution is 7.98. The van der Waals surface area contributed by atoms with Gasteiger partial charge >= 0.3 is 0 Å². The van der Waals surface area contributed by atoms with Gasteiger partial charge in [0.25, 0.3) is 0 Å². The van der Waals surface area contributed by atoms with E-state index < -0.39 is 0 Å². The molecule has 0 spiro atoms. The van der Waals surface area contributed by atoms with E-state index in [2.05, 4.69) is 15.5 Å². The normalized spacial score (nSPS) is 21.8. The topological polar surface area (TPSA) is 60.2 Å². The molecule has 5 nitrogen and oxygen atoms in total. The van der Waals surface area contributed by atoms with Crippen molar-refractivity contribution in [3.05, 3.63) is 41.8 Å². The van der Waals surface area contributed by atoms with Gasteiger partial charge in [0.1, 0.15) is 5.82 Å². The molecular weight excluding hydrogens is 293 g/mol. The molecular formula is C14H16FN3O2S. The van der Waals surface area contributed by atoms with Crippen molar-refractivity contribution in [3.63, 3.8) is 0 Å². The predicted molar refractivity (Wildman–Crippen MR) is 76.7 cm³/mol. The lowest BCUT2D eigenvalue weighted by Gasteiger charge is -2.11. The number of thioether (sulfide) groups is 1. The van der Waals surface area contributed by atoms with Crippen molar-refractivity contribution in [1.29, 1.82) is 0 Å². The third-order valence-corrected chi connectivity index (χ3v) is 4.49. The SMILES string of the molecule is CNC1COCC1c1nc(CSc2ccccc2F)no1. The van der Waals surface area contributed by atoms with E-state index in [1.165, 1.54) is 17.8 Å². The van der Waals surface area contributed by atoms with Gasteiger partial charge in [-0.1, -0.05) is 17.3 Å². The Morgan fingerprint density at radius 3 is 3.05 bits per heavy atom. The molecule has 0 aliphatic carbocycles. The summed E-state index contributed by atoms with van der Waals surface area (Å²) in [4.78, 5) is 4.98. The monoisotopic (exact) mass is 309 g/mol. The molecule has 2 heterocycles. The fourth-order valence-electron chi connectivity index (χ4n) is 2.26. The summed E-state index contributed by atoms with van der Waals surface area (Å²) in [5.41, 5.74) is 0. The maximum absolute atomic E-state index is 13.5. The number of likely N-dealkylation sites (N-methyl/N-ethyl adjacent to an activating group) is 1. The lowest BCUT2D eigenvalue weighted by molar-refractivity contribution is 0.185. The highest BCUT2D eigenvalue weighted by Gasteiger charge is 2.32. The third kappa shape index (κ3) is 3.25. The number of ether oxygens (including phenoxy) is 1.